The molecule has 3 rings (SSSR count). The van der Waals surface area contributed by atoms with Gasteiger partial charge in [0.05, 0.1) is 0 Å². The van der Waals surface area contributed by atoms with Gasteiger partial charge in [-0.25, -0.2) is 0 Å². The molecule has 116 valence electrons. The van der Waals surface area contributed by atoms with Crippen molar-refractivity contribution < 1.29 is 26.1 Å². The van der Waals surface area contributed by atoms with Crippen LogP contribution in [0.5, 0.6) is 0 Å². The molecule has 0 saturated carbocycles. The molecule has 0 atom stereocenters. The Morgan fingerprint density at radius 1 is 0.625 bits per heavy atom. The van der Waals surface area contributed by atoms with Gasteiger partial charge >= 0.3 is 162 Å². The maximum absolute atomic E-state index is 2.37. The molecule has 0 amide bonds. The van der Waals surface area contributed by atoms with Crippen LogP contribution in [0.15, 0.2) is 91.0 Å². The summed E-state index contributed by atoms with van der Waals surface area (Å²) in [6, 6.07) is 33.5. The van der Waals surface area contributed by atoms with Gasteiger partial charge in [-0.1, -0.05) is 0 Å². The van der Waals surface area contributed by atoms with Crippen LogP contribution in [0.4, 0.5) is 0 Å². The molecule has 0 fully saturated rings. The average Bonchev–Trinajstić information content (AvgIpc) is 2.65. The van der Waals surface area contributed by atoms with Crippen molar-refractivity contribution in [3.8, 4) is 0 Å². The van der Waals surface area contributed by atoms with Crippen LogP contribution in [0.25, 0.3) is 0 Å². The van der Waals surface area contributed by atoms with Gasteiger partial charge in [0, 0.05) is 0 Å². The summed E-state index contributed by atoms with van der Waals surface area (Å²) in [6.07, 6.45) is 0. The van der Waals surface area contributed by atoms with Gasteiger partial charge in [-0.3, -0.25) is 0 Å². The molecule has 0 aliphatic rings. The second-order valence-electron chi connectivity index (χ2n) is 6.32. The Bertz CT molecular complexity index is 733. The van der Waals surface area contributed by atoms with E-state index in [-0.39, 0.29) is 0 Å². The average molecular weight is 518 g/mol. The standard InChI is InChI=1S/C22H22P.Hg/c1-19(2)18-23(20-12-6-3-7-13-20,21-14-8-4-9-15-21)22-16-10-5-11-17-22;/h3-17,19H,1-2H3;/q;+1. The van der Waals surface area contributed by atoms with E-state index in [1.54, 1.807) is 2.80 Å². The Balaban J connectivity index is 2.51. The van der Waals surface area contributed by atoms with Gasteiger partial charge in [0.15, 0.2) is 0 Å². The number of benzene rings is 3. The minimum absolute atomic E-state index is 0.601. The molecule has 0 N–H and O–H groups in total. The summed E-state index contributed by atoms with van der Waals surface area (Å²) in [4.78, 5) is 0. The number of rotatable bonds is 4. The number of hydrogen-bond donors (Lipinski definition) is 0. The van der Waals surface area contributed by atoms with Crippen molar-refractivity contribution >= 4 is 25.6 Å². The third-order valence-electron chi connectivity index (χ3n) is 4.53. The first-order valence-electron chi connectivity index (χ1n) is 8.42. The molecule has 0 unspecified atom stereocenters. The van der Waals surface area contributed by atoms with E-state index < -0.39 is 6.89 Å². The van der Waals surface area contributed by atoms with Gasteiger partial charge in [0.1, 0.15) is 0 Å². The Morgan fingerprint density at radius 3 is 1.17 bits per heavy atom. The summed E-state index contributed by atoms with van der Waals surface area (Å²) >= 11 is 0.601. The molecule has 2 heteroatoms. The quantitative estimate of drug-likeness (QED) is 0.357. The van der Waals surface area contributed by atoms with Gasteiger partial charge in [0.2, 0.25) is 0 Å². The van der Waals surface area contributed by atoms with Crippen molar-refractivity contribution in [3.63, 3.8) is 0 Å². The van der Waals surface area contributed by atoms with E-state index in [0.29, 0.717) is 32.0 Å². The maximum atomic E-state index is 2.37. The molecule has 0 nitrogen and oxygen atoms in total. The van der Waals surface area contributed by atoms with Crippen LogP contribution in [0, 0.1) is 5.92 Å². The topological polar surface area (TPSA) is 0 Å². The van der Waals surface area contributed by atoms with Crippen molar-refractivity contribution in [1.82, 2.24) is 0 Å². The van der Waals surface area contributed by atoms with Crippen LogP contribution < -0.4 is 15.9 Å². The third kappa shape index (κ3) is 3.19. The normalized spacial score (nSPS) is 11.5. The molecule has 3 aromatic carbocycles. The molecule has 0 saturated heterocycles. The fraction of sp³-hybridized carbons (Fsp3) is 0.136. The summed E-state index contributed by atoms with van der Waals surface area (Å²) in [5.74, 6) is 0.613. The van der Waals surface area contributed by atoms with Crippen LogP contribution in [0.3, 0.4) is 0 Å². The molecule has 0 bridgehead atoms. The molecule has 0 spiro atoms. The zero-order valence-electron chi connectivity index (χ0n) is 14.4. The van der Waals surface area contributed by atoms with E-state index in [4.69, 9.17) is 0 Å². The first-order chi connectivity index (χ1) is 11.7. The Kier molecular flexibility index (Phi) is 5.79. The fourth-order valence-electron chi connectivity index (χ4n) is 3.29. The van der Waals surface area contributed by atoms with Crippen LogP contribution in [-0.2, 0) is 26.1 Å². The molecular weight excluding hydrogens is 496 g/mol. The summed E-state index contributed by atoms with van der Waals surface area (Å²) in [7, 11) is 0. The van der Waals surface area contributed by atoms with Gasteiger partial charge in [0.25, 0.3) is 0 Å². The van der Waals surface area contributed by atoms with Crippen molar-refractivity contribution in [3.05, 3.63) is 91.0 Å². The fourth-order valence-corrected chi connectivity index (χ4v) is 14.2. The second-order valence-corrected chi connectivity index (χ2v) is 15.1. The van der Waals surface area contributed by atoms with Crippen molar-refractivity contribution in [2.75, 3.05) is 0 Å². The van der Waals surface area contributed by atoms with Crippen molar-refractivity contribution in [2.45, 2.75) is 13.8 Å². The van der Waals surface area contributed by atoms with E-state index in [1.807, 2.05) is 0 Å². The third-order valence-corrected chi connectivity index (χ3v) is 17.8. The SMILES string of the molecule is CC(C)[C]([Hg+])=P(c1ccccc1)(c1ccccc1)c1ccccc1. The summed E-state index contributed by atoms with van der Waals surface area (Å²) < 4.78 is 1.77. The first-order valence-corrected chi connectivity index (χ1v) is 13.0. The zero-order valence-corrected chi connectivity index (χ0v) is 20.8. The Morgan fingerprint density at radius 2 is 0.917 bits per heavy atom. The predicted octanol–water partition coefficient (Wildman–Crippen LogP) is 4.31. The summed E-state index contributed by atoms with van der Waals surface area (Å²) in [5, 5.41) is 4.46. The number of hydrogen-bond acceptors (Lipinski definition) is 0. The van der Waals surface area contributed by atoms with E-state index >= 15 is 0 Å². The van der Waals surface area contributed by atoms with Crippen molar-refractivity contribution in [2.24, 2.45) is 5.92 Å². The van der Waals surface area contributed by atoms with Gasteiger partial charge in [-0.2, -0.15) is 0 Å². The molecular formula is C22H22HgP+. The molecule has 0 aliphatic heterocycles. The van der Waals surface area contributed by atoms with E-state index in [0.717, 1.165) is 0 Å². The Labute approximate surface area is 161 Å². The van der Waals surface area contributed by atoms with Crippen LogP contribution >= 0.6 is 6.89 Å². The van der Waals surface area contributed by atoms with Crippen molar-refractivity contribution in [1.29, 1.82) is 0 Å². The monoisotopic (exact) mass is 519 g/mol. The van der Waals surface area contributed by atoms with Crippen LogP contribution in [0.1, 0.15) is 13.8 Å². The predicted molar refractivity (Wildman–Crippen MR) is 105 cm³/mol. The minimum atomic E-state index is -1.70. The molecule has 3 aromatic rings. The van der Waals surface area contributed by atoms with Crippen LogP contribution in [-0.4, -0.2) is 2.80 Å². The van der Waals surface area contributed by atoms with Gasteiger partial charge < -0.3 is 0 Å². The molecule has 0 aromatic heterocycles. The summed E-state index contributed by atoms with van der Waals surface area (Å²) in [6.45, 7) is 3.04. The Hall–Kier alpha value is -1.10. The molecule has 0 radical (unpaired) electrons. The van der Waals surface area contributed by atoms with Gasteiger partial charge in [-0.05, 0) is 0 Å². The van der Waals surface area contributed by atoms with E-state index in [9.17, 15) is 0 Å². The molecule has 24 heavy (non-hydrogen) atoms. The second kappa shape index (κ2) is 7.85. The first kappa shape index (κ1) is 17.7. The zero-order chi connectivity index (χ0) is 17.0. The van der Waals surface area contributed by atoms with Gasteiger partial charge in [-0.15, -0.1) is 0 Å². The van der Waals surface area contributed by atoms with E-state index in [1.165, 1.54) is 15.9 Å². The van der Waals surface area contributed by atoms with E-state index in [2.05, 4.69) is 105 Å². The van der Waals surface area contributed by atoms with Crippen LogP contribution in [0.2, 0.25) is 0 Å². The molecule has 0 heterocycles. The molecule has 0 aliphatic carbocycles. The summed E-state index contributed by atoms with van der Waals surface area (Å²) in [5.41, 5.74) is 0.